The third kappa shape index (κ3) is 2.18. The summed E-state index contributed by atoms with van der Waals surface area (Å²) in [7, 11) is 1.39. The molecule has 0 aliphatic rings. The molecule has 7 heteroatoms. The fourth-order valence-electron chi connectivity index (χ4n) is 0.571. The van der Waals surface area contributed by atoms with Gasteiger partial charge in [-0.05, 0) is 31.9 Å². The molecular formula is C5H2Br2ClNO2S. The monoisotopic (exact) mass is 333 g/mol. The second-order valence-corrected chi connectivity index (χ2v) is 6.05. The van der Waals surface area contributed by atoms with Crippen LogP contribution in [0.5, 0.6) is 0 Å². The molecule has 0 radical (unpaired) electrons. The Bertz CT molecular complexity index is 406. The van der Waals surface area contributed by atoms with Crippen molar-refractivity contribution in [3.63, 3.8) is 0 Å². The van der Waals surface area contributed by atoms with Crippen molar-refractivity contribution in [3.8, 4) is 0 Å². The van der Waals surface area contributed by atoms with Gasteiger partial charge in [0.1, 0.15) is 4.90 Å². The van der Waals surface area contributed by atoms with Crippen LogP contribution in [0.4, 0.5) is 0 Å². The van der Waals surface area contributed by atoms with Crippen LogP contribution in [0.15, 0.2) is 26.2 Å². The van der Waals surface area contributed by atoms with Crippen LogP contribution < -0.4 is 0 Å². The Labute approximate surface area is 90.8 Å². The molecule has 1 aromatic rings. The summed E-state index contributed by atoms with van der Waals surface area (Å²) in [5.41, 5.74) is 0. The highest BCUT2D eigenvalue weighted by atomic mass is 79.9. The average Bonchev–Trinajstić information content (AvgIpc) is 1.92. The Morgan fingerprint density at radius 3 is 2.33 bits per heavy atom. The molecule has 0 bridgehead atoms. The molecule has 12 heavy (non-hydrogen) atoms. The van der Waals surface area contributed by atoms with Gasteiger partial charge in [0, 0.05) is 23.1 Å². The number of pyridine rings is 1. The molecule has 0 unspecified atom stereocenters. The maximum Gasteiger partial charge on any atom is 0.264 e. The highest BCUT2D eigenvalue weighted by molar-refractivity contribution is 9.13. The van der Waals surface area contributed by atoms with Gasteiger partial charge in [0.25, 0.3) is 9.05 Å². The van der Waals surface area contributed by atoms with E-state index in [1.807, 2.05) is 0 Å². The Balaban J connectivity index is 3.47. The van der Waals surface area contributed by atoms with Crippen molar-refractivity contribution in [3.05, 3.63) is 21.3 Å². The van der Waals surface area contributed by atoms with Gasteiger partial charge in [-0.3, -0.25) is 4.98 Å². The lowest BCUT2D eigenvalue weighted by molar-refractivity contribution is 0.608. The van der Waals surface area contributed by atoms with E-state index >= 15 is 0 Å². The predicted molar refractivity (Wildman–Crippen MR) is 52.7 cm³/mol. The molecule has 66 valence electrons. The SMILES string of the molecule is O=S(=O)(Cl)c1cncc(Br)c1Br. The molecule has 0 saturated heterocycles. The number of rotatable bonds is 1. The molecule has 0 atom stereocenters. The van der Waals surface area contributed by atoms with Crippen molar-refractivity contribution in [2.24, 2.45) is 0 Å². The fraction of sp³-hybridized carbons (Fsp3) is 0. The molecule has 0 amide bonds. The quantitative estimate of drug-likeness (QED) is 0.741. The summed E-state index contributed by atoms with van der Waals surface area (Å²) in [5, 5.41) is 0. The molecule has 1 heterocycles. The number of nitrogens with zero attached hydrogens (tertiary/aromatic N) is 1. The van der Waals surface area contributed by atoms with E-state index in [0.29, 0.717) is 8.95 Å². The van der Waals surface area contributed by atoms with Crippen molar-refractivity contribution < 1.29 is 8.42 Å². The Morgan fingerprint density at radius 2 is 1.92 bits per heavy atom. The summed E-state index contributed by atoms with van der Waals surface area (Å²) >= 11 is 6.17. The van der Waals surface area contributed by atoms with E-state index in [9.17, 15) is 8.42 Å². The number of hydrogen-bond donors (Lipinski definition) is 0. The summed E-state index contributed by atoms with van der Waals surface area (Å²) in [6.45, 7) is 0. The molecule has 0 aliphatic carbocycles. The van der Waals surface area contributed by atoms with Crippen molar-refractivity contribution >= 4 is 51.6 Å². The maximum atomic E-state index is 10.9. The molecule has 0 N–H and O–H groups in total. The second-order valence-electron chi connectivity index (χ2n) is 1.87. The Kier molecular flexibility index (Phi) is 3.14. The van der Waals surface area contributed by atoms with Gasteiger partial charge in [-0.25, -0.2) is 8.42 Å². The zero-order chi connectivity index (χ0) is 9.35. The highest BCUT2D eigenvalue weighted by Crippen LogP contribution is 2.30. The van der Waals surface area contributed by atoms with Gasteiger partial charge in [0.05, 0.1) is 8.95 Å². The molecular weight excluding hydrogens is 333 g/mol. The first kappa shape index (κ1) is 10.4. The summed E-state index contributed by atoms with van der Waals surface area (Å²) in [6, 6.07) is 0. The lowest BCUT2D eigenvalue weighted by atomic mass is 10.5. The standard InChI is InChI=1S/C5H2Br2ClNO2S/c6-3-1-9-2-4(5(3)7)12(8,10)11/h1-2H. The molecule has 0 aliphatic heterocycles. The van der Waals surface area contributed by atoms with Gasteiger partial charge in [0.2, 0.25) is 0 Å². The normalized spacial score (nSPS) is 11.6. The maximum absolute atomic E-state index is 10.9. The van der Waals surface area contributed by atoms with Crippen LogP contribution >= 0.6 is 42.5 Å². The summed E-state index contributed by atoms with van der Waals surface area (Å²) in [6.07, 6.45) is 2.65. The van der Waals surface area contributed by atoms with Crippen molar-refractivity contribution in [2.45, 2.75) is 4.90 Å². The van der Waals surface area contributed by atoms with Crippen molar-refractivity contribution in [1.82, 2.24) is 4.98 Å². The van der Waals surface area contributed by atoms with Gasteiger partial charge >= 0.3 is 0 Å². The van der Waals surface area contributed by atoms with Gasteiger partial charge in [-0.15, -0.1) is 0 Å². The lowest BCUT2D eigenvalue weighted by Gasteiger charge is -1.99. The number of halogens is 3. The van der Waals surface area contributed by atoms with Crippen molar-refractivity contribution in [1.29, 1.82) is 0 Å². The molecule has 0 fully saturated rings. The Hall–Kier alpha value is 0.350. The van der Waals surface area contributed by atoms with E-state index in [0.717, 1.165) is 0 Å². The third-order valence-electron chi connectivity index (χ3n) is 1.07. The van der Waals surface area contributed by atoms with Crippen LogP contribution in [0.2, 0.25) is 0 Å². The van der Waals surface area contributed by atoms with Gasteiger partial charge in [-0.2, -0.15) is 0 Å². The van der Waals surface area contributed by atoms with Crippen LogP contribution in [0.25, 0.3) is 0 Å². The van der Waals surface area contributed by atoms with Crippen LogP contribution in [-0.4, -0.2) is 13.4 Å². The zero-order valence-electron chi connectivity index (χ0n) is 5.46. The molecule has 3 nitrogen and oxygen atoms in total. The zero-order valence-corrected chi connectivity index (χ0v) is 10.2. The number of hydrogen-bond acceptors (Lipinski definition) is 3. The Morgan fingerprint density at radius 1 is 1.33 bits per heavy atom. The lowest BCUT2D eigenvalue weighted by Crippen LogP contribution is -1.93. The summed E-state index contributed by atoms with van der Waals surface area (Å²) in [4.78, 5) is 3.63. The molecule has 0 saturated carbocycles. The highest BCUT2D eigenvalue weighted by Gasteiger charge is 2.16. The third-order valence-corrected chi connectivity index (χ3v) is 4.65. The molecule has 0 spiro atoms. The first-order valence-corrected chi connectivity index (χ1v) is 6.56. The smallest absolute Gasteiger partial charge is 0.262 e. The van der Waals surface area contributed by atoms with Crippen LogP contribution in [0, 0.1) is 0 Å². The average molecular weight is 335 g/mol. The molecule has 0 aromatic carbocycles. The van der Waals surface area contributed by atoms with Crippen LogP contribution in [-0.2, 0) is 9.05 Å². The van der Waals surface area contributed by atoms with E-state index in [1.165, 1.54) is 12.4 Å². The summed E-state index contributed by atoms with van der Waals surface area (Å²) in [5.74, 6) is 0. The fourth-order valence-corrected chi connectivity index (χ4v) is 3.02. The first-order valence-electron chi connectivity index (χ1n) is 2.66. The minimum absolute atomic E-state index is 0.0430. The number of aromatic nitrogens is 1. The predicted octanol–water partition coefficient (Wildman–Crippen LogP) is 2.53. The van der Waals surface area contributed by atoms with Crippen LogP contribution in [0.1, 0.15) is 0 Å². The summed E-state index contributed by atoms with van der Waals surface area (Å²) < 4.78 is 22.7. The van der Waals surface area contributed by atoms with E-state index in [1.54, 1.807) is 0 Å². The van der Waals surface area contributed by atoms with E-state index in [2.05, 4.69) is 36.8 Å². The van der Waals surface area contributed by atoms with Gasteiger partial charge in [0.15, 0.2) is 0 Å². The first-order chi connectivity index (χ1) is 5.43. The van der Waals surface area contributed by atoms with E-state index in [4.69, 9.17) is 10.7 Å². The van der Waals surface area contributed by atoms with E-state index < -0.39 is 9.05 Å². The van der Waals surface area contributed by atoms with Gasteiger partial charge < -0.3 is 0 Å². The largest absolute Gasteiger partial charge is 0.264 e. The molecule has 1 rings (SSSR count). The topological polar surface area (TPSA) is 47.0 Å². The minimum Gasteiger partial charge on any atom is -0.262 e. The molecule has 1 aromatic heterocycles. The van der Waals surface area contributed by atoms with E-state index in [-0.39, 0.29) is 4.90 Å². The van der Waals surface area contributed by atoms with Crippen LogP contribution in [0.3, 0.4) is 0 Å². The van der Waals surface area contributed by atoms with Crippen molar-refractivity contribution in [2.75, 3.05) is 0 Å². The second kappa shape index (κ2) is 3.61. The minimum atomic E-state index is -3.72. The van der Waals surface area contributed by atoms with Gasteiger partial charge in [-0.1, -0.05) is 0 Å².